The molecule has 2 rings (SSSR count). The lowest BCUT2D eigenvalue weighted by Crippen LogP contribution is -2.34. The molecule has 0 saturated heterocycles. The third kappa shape index (κ3) is 4.33. The molecule has 0 aromatic carbocycles. The Morgan fingerprint density at radius 1 is 1.58 bits per heavy atom. The molecule has 3 nitrogen and oxygen atoms in total. The molecule has 1 heterocycles. The minimum absolute atomic E-state index is 0.125. The molecular formula is C13H20N2OS3. The quantitative estimate of drug-likeness (QED) is 0.818. The maximum absolute atomic E-state index is 12.0. The molecule has 1 fully saturated rings. The Hall–Kier alpha value is -0.330. The van der Waals surface area contributed by atoms with Crippen molar-refractivity contribution in [3.63, 3.8) is 0 Å². The summed E-state index contributed by atoms with van der Waals surface area (Å²) in [5.41, 5.74) is 1.02. The fourth-order valence-electron chi connectivity index (χ4n) is 2.49. The number of aromatic amines is 1. The van der Waals surface area contributed by atoms with E-state index in [9.17, 15) is 4.79 Å². The van der Waals surface area contributed by atoms with E-state index in [2.05, 4.69) is 17.2 Å². The summed E-state index contributed by atoms with van der Waals surface area (Å²) in [7, 11) is 0. The summed E-state index contributed by atoms with van der Waals surface area (Å²) >= 11 is 8.60. The fraction of sp³-hybridized carbons (Fsp3) is 0.692. The highest BCUT2D eigenvalue weighted by Gasteiger charge is 2.25. The fourth-order valence-corrected chi connectivity index (χ4v) is 4.92. The van der Waals surface area contributed by atoms with E-state index in [1.54, 1.807) is 0 Å². The SMILES string of the molecule is CCSC1CCC(NC(=O)Cc2sc(=S)[nH]c2C)C1. The first kappa shape index (κ1) is 15.1. The molecule has 1 saturated carbocycles. The van der Waals surface area contributed by atoms with E-state index >= 15 is 0 Å². The molecule has 1 amide bonds. The second-order valence-electron chi connectivity index (χ2n) is 4.89. The van der Waals surface area contributed by atoms with Crippen LogP contribution in [-0.4, -0.2) is 27.9 Å². The molecule has 2 N–H and O–H groups in total. The van der Waals surface area contributed by atoms with Crippen molar-refractivity contribution in [3.8, 4) is 0 Å². The van der Waals surface area contributed by atoms with E-state index in [1.165, 1.54) is 17.8 Å². The molecule has 106 valence electrons. The summed E-state index contributed by atoms with van der Waals surface area (Å²) in [6.07, 6.45) is 3.91. The number of thiazole rings is 1. The topological polar surface area (TPSA) is 44.9 Å². The third-order valence-corrected chi connectivity index (χ3v) is 5.97. The maximum atomic E-state index is 12.0. The van der Waals surface area contributed by atoms with Gasteiger partial charge >= 0.3 is 0 Å². The number of H-pyrrole nitrogens is 1. The van der Waals surface area contributed by atoms with Crippen LogP contribution in [-0.2, 0) is 11.2 Å². The number of amides is 1. The third-order valence-electron chi connectivity index (χ3n) is 3.40. The van der Waals surface area contributed by atoms with Crippen LogP contribution in [0.15, 0.2) is 0 Å². The monoisotopic (exact) mass is 316 g/mol. The number of hydrogen-bond donors (Lipinski definition) is 2. The van der Waals surface area contributed by atoms with Gasteiger partial charge in [-0.2, -0.15) is 11.8 Å². The molecular weight excluding hydrogens is 296 g/mol. The van der Waals surface area contributed by atoms with Gasteiger partial charge in [-0.1, -0.05) is 6.92 Å². The Morgan fingerprint density at radius 2 is 2.37 bits per heavy atom. The minimum atomic E-state index is 0.125. The van der Waals surface area contributed by atoms with Crippen LogP contribution in [0.5, 0.6) is 0 Å². The van der Waals surface area contributed by atoms with Crippen LogP contribution in [0.25, 0.3) is 0 Å². The van der Waals surface area contributed by atoms with E-state index in [0.717, 1.165) is 38.4 Å². The number of hydrogen-bond acceptors (Lipinski definition) is 4. The largest absolute Gasteiger partial charge is 0.353 e. The van der Waals surface area contributed by atoms with Gasteiger partial charge in [0, 0.05) is 21.9 Å². The summed E-state index contributed by atoms with van der Waals surface area (Å²) in [5.74, 6) is 1.29. The summed E-state index contributed by atoms with van der Waals surface area (Å²) in [6.45, 7) is 4.16. The zero-order chi connectivity index (χ0) is 13.8. The molecule has 1 aliphatic rings. The van der Waals surface area contributed by atoms with Crippen molar-refractivity contribution < 1.29 is 4.79 Å². The van der Waals surface area contributed by atoms with Crippen LogP contribution in [0.3, 0.4) is 0 Å². The van der Waals surface area contributed by atoms with E-state index in [-0.39, 0.29) is 5.91 Å². The summed E-state index contributed by atoms with van der Waals surface area (Å²) in [6, 6.07) is 0.365. The van der Waals surface area contributed by atoms with Gasteiger partial charge in [0.1, 0.15) is 0 Å². The van der Waals surface area contributed by atoms with Crippen LogP contribution in [0, 0.1) is 10.9 Å². The van der Waals surface area contributed by atoms with Crippen LogP contribution in [0.2, 0.25) is 0 Å². The molecule has 1 aromatic heterocycles. The zero-order valence-corrected chi connectivity index (χ0v) is 13.8. The van der Waals surface area contributed by atoms with Crippen LogP contribution >= 0.6 is 35.3 Å². The van der Waals surface area contributed by atoms with Gasteiger partial charge in [0.15, 0.2) is 3.95 Å². The normalized spacial score (nSPS) is 22.6. The molecule has 0 radical (unpaired) electrons. The number of carbonyl (C=O) groups is 1. The number of aryl methyl sites for hydroxylation is 1. The van der Waals surface area contributed by atoms with Gasteiger partial charge in [0.2, 0.25) is 5.91 Å². The van der Waals surface area contributed by atoms with Crippen LogP contribution < -0.4 is 5.32 Å². The summed E-state index contributed by atoms with van der Waals surface area (Å²) < 4.78 is 0.751. The molecule has 0 bridgehead atoms. The van der Waals surface area contributed by atoms with Gasteiger partial charge < -0.3 is 10.3 Å². The van der Waals surface area contributed by atoms with Gasteiger partial charge in [0.05, 0.1) is 6.42 Å². The van der Waals surface area contributed by atoms with Gasteiger partial charge in [-0.05, 0) is 44.2 Å². The Bertz CT molecular complexity index is 494. The molecule has 19 heavy (non-hydrogen) atoms. The van der Waals surface area contributed by atoms with Crippen molar-refractivity contribution in [2.75, 3.05) is 5.75 Å². The minimum Gasteiger partial charge on any atom is -0.353 e. The molecule has 0 spiro atoms. The van der Waals surface area contributed by atoms with E-state index < -0.39 is 0 Å². The van der Waals surface area contributed by atoms with E-state index in [0.29, 0.717) is 12.5 Å². The van der Waals surface area contributed by atoms with Gasteiger partial charge in [-0.15, -0.1) is 11.3 Å². The lowest BCUT2D eigenvalue weighted by molar-refractivity contribution is -0.121. The summed E-state index contributed by atoms with van der Waals surface area (Å²) in [4.78, 5) is 16.2. The van der Waals surface area contributed by atoms with Gasteiger partial charge in [0.25, 0.3) is 0 Å². The molecule has 1 aliphatic carbocycles. The number of carbonyl (C=O) groups excluding carboxylic acids is 1. The number of rotatable bonds is 5. The first-order valence-electron chi connectivity index (χ1n) is 6.68. The Balaban J connectivity index is 1.82. The molecule has 6 heteroatoms. The Labute approximate surface area is 127 Å². The first-order chi connectivity index (χ1) is 9.08. The van der Waals surface area contributed by atoms with Crippen molar-refractivity contribution in [1.29, 1.82) is 0 Å². The van der Waals surface area contributed by atoms with E-state index in [4.69, 9.17) is 12.2 Å². The molecule has 2 atom stereocenters. The van der Waals surface area contributed by atoms with Crippen molar-refractivity contribution >= 4 is 41.2 Å². The van der Waals surface area contributed by atoms with Crippen molar-refractivity contribution in [1.82, 2.24) is 10.3 Å². The highest BCUT2D eigenvalue weighted by molar-refractivity contribution is 7.99. The zero-order valence-electron chi connectivity index (χ0n) is 11.3. The second kappa shape index (κ2) is 6.90. The van der Waals surface area contributed by atoms with E-state index in [1.807, 2.05) is 18.7 Å². The highest BCUT2D eigenvalue weighted by atomic mass is 32.2. The highest BCUT2D eigenvalue weighted by Crippen LogP contribution is 2.29. The average Bonchev–Trinajstić information content (AvgIpc) is 2.87. The van der Waals surface area contributed by atoms with Gasteiger partial charge in [-0.3, -0.25) is 4.79 Å². The van der Waals surface area contributed by atoms with Crippen LogP contribution in [0.4, 0.5) is 0 Å². The Kier molecular flexibility index (Phi) is 5.47. The Morgan fingerprint density at radius 3 is 3.00 bits per heavy atom. The lowest BCUT2D eigenvalue weighted by atomic mass is 10.2. The average molecular weight is 317 g/mol. The lowest BCUT2D eigenvalue weighted by Gasteiger charge is -2.12. The first-order valence-corrected chi connectivity index (χ1v) is 8.95. The van der Waals surface area contributed by atoms with Crippen LogP contribution in [0.1, 0.15) is 36.8 Å². The predicted molar refractivity (Wildman–Crippen MR) is 85.6 cm³/mol. The number of thioether (sulfide) groups is 1. The molecule has 2 unspecified atom stereocenters. The molecule has 1 aromatic rings. The second-order valence-corrected chi connectivity index (χ2v) is 8.24. The summed E-state index contributed by atoms with van der Waals surface area (Å²) in [5, 5.41) is 3.89. The van der Waals surface area contributed by atoms with Crippen molar-refractivity contribution in [3.05, 3.63) is 14.5 Å². The maximum Gasteiger partial charge on any atom is 0.225 e. The predicted octanol–water partition coefficient (Wildman–Crippen LogP) is 3.45. The van der Waals surface area contributed by atoms with Crippen molar-refractivity contribution in [2.24, 2.45) is 0 Å². The molecule has 0 aliphatic heterocycles. The standard InChI is InChI=1S/C13H20N2OS3/c1-3-18-10-5-4-9(6-10)15-12(16)7-11-8(2)14-13(17)19-11/h9-10H,3-7H2,1-2H3,(H,14,17)(H,15,16). The smallest absolute Gasteiger partial charge is 0.225 e. The number of aromatic nitrogens is 1. The van der Waals surface area contributed by atoms with Crippen molar-refractivity contribution in [2.45, 2.75) is 50.8 Å². The van der Waals surface area contributed by atoms with Gasteiger partial charge in [-0.25, -0.2) is 0 Å². The number of nitrogens with one attached hydrogen (secondary N) is 2.